The van der Waals surface area contributed by atoms with E-state index >= 15 is 0 Å². The van der Waals surface area contributed by atoms with Crippen LogP contribution < -0.4 is 10.9 Å². The summed E-state index contributed by atoms with van der Waals surface area (Å²) in [5, 5.41) is 19.7. The van der Waals surface area contributed by atoms with Crippen LogP contribution in [0.1, 0.15) is 21.6 Å². The van der Waals surface area contributed by atoms with Gasteiger partial charge in [-0.05, 0) is 37.4 Å². The van der Waals surface area contributed by atoms with E-state index in [9.17, 15) is 32.3 Å². The lowest BCUT2D eigenvalue weighted by Gasteiger charge is -2.11. The highest BCUT2D eigenvalue weighted by molar-refractivity contribution is 5.95. The fourth-order valence-electron chi connectivity index (χ4n) is 2.76. The number of rotatable bonds is 6. The monoisotopic (exact) mass is 510 g/mol. The Labute approximate surface area is 202 Å². The first kappa shape index (κ1) is 28.0. The van der Waals surface area contributed by atoms with Crippen LogP contribution in [-0.4, -0.2) is 57.2 Å². The number of carbonyl (C=O) groups excluding carboxylic acids is 1. The molecule has 1 aromatic heterocycles. The van der Waals surface area contributed by atoms with E-state index in [1.54, 1.807) is 12.1 Å². The normalized spacial score (nSPS) is 11.0. The van der Waals surface area contributed by atoms with Crippen molar-refractivity contribution in [3.63, 3.8) is 0 Å². The Balaban J connectivity index is 0.000000572. The number of hydrogen-bond donors (Lipinski definition) is 4. The number of carbonyl (C=O) groups is 2. The van der Waals surface area contributed by atoms with Crippen molar-refractivity contribution in [1.82, 2.24) is 20.2 Å². The molecule has 0 aliphatic rings. The quantitative estimate of drug-likeness (QED) is 0.375. The zero-order valence-corrected chi connectivity index (χ0v) is 19.1. The van der Waals surface area contributed by atoms with Gasteiger partial charge in [0.2, 0.25) is 5.75 Å². The molecule has 0 saturated carbocycles. The molecule has 13 heteroatoms. The van der Waals surface area contributed by atoms with Crippen LogP contribution >= 0.6 is 0 Å². The number of hydrogen-bond acceptors (Lipinski definition) is 6. The molecule has 3 rings (SSSR count). The molecular weight excluding hydrogens is 488 g/mol. The molecule has 4 N–H and O–H groups in total. The van der Waals surface area contributed by atoms with E-state index in [1.165, 1.54) is 24.3 Å². The summed E-state index contributed by atoms with van der Waals surface area (Å²) in [7, 11) is 3.92. The molecule has 2 aromatic carbocycles. The topological polar surface area (TPSA) is 136 Å². The number of nitrogens with one attached hydrogen (secondary N) is 2. The molecule has 0 radical (unpaired) electrons. The van der Waals surface area contributed by atoms with Crippen molar-refractivity contribution < 1.29 is 37.4 Å². The Kier molecular flexibility index (Phi) is 9.27. The van der Waals surface area contributed by atoms with Gasteiger partial charge in [0, 0.05) is 18.7 Å². The van der Waals surface area contributed by atoms with Crippen molar-refractivity contribution in [1.29, 1.82) is 0 Å². The maximum Gasteiger partial charge on any atom is 0.490 e. The van der Waals surface area contributed by atoms with E-state index < -0.39 is 29.4 Å². The Morgan fingerprint density at radius 1 is 1.03 bits per heavy atom. The van der Waals surface area contributed by atoms with Crippen molar-refractivity contribution in [2.45, 2.75) is 19.3 Å². The van der Waals surface area contributed by atoms with E-state index in [4.69, 9.17) is 9.90 Å². The molecular formula is C23H22F4N4O5. The molecule has 3 aromatic rings. The second-order valence-corrected chi connectivity index (χ2v) is 7.66. The summed E-state index contributed by atoms with van der Waals surface area (Å²) in [5.74, 6) is -4.42. The third kappa shape index (κ3) is 8.20. The van der Waals surface area contributed by atoms with Gasteiger partial charge in [0.1, 0.15) is 11.6 Å². The van der Waals surface area contributed by atoms with Crippen LogP contribution in [0.2, 0.25) is 0 Å². The van der Waals surface area contributed by atoms with Crippen molar-refractivity contribution in [3.05, 3.63) is 81.5 Å². The van der Waals surface area contributed by atoms with E-state index in [2.05, 4.69) is 15.3 Å². The van der Waals surface area contributed by atoms with Crippen LogP contribution in [-0.2, 0) is 17.9 Å². The molecule has 9 nitrogen and oxygen atoms in total. The average Bonchev–Trinajstić information content (AvgIpc) is 2.80. The van der Waals surface area contributed by atoms with E-state index in [0.717, 1.165) is 12.1 Å². The van der Waals surface area contributed by atoms with Gasteiger partial charge in [-0.2, -0.15) is 13.2 Å². The fraction of sp³-hybridized carbons (Fsp3) is 0.217. The molecule has 0 saturated heterocycles. The molecule has 192 valence electrons. The first-order valence-corrected chi connectivity index (χ1v) is 10.2. The Morgan fingerprint density at radius 3 is 2.06 bits per heavy atom. The summed E-state index contributed by atoms with van der Waals surface area (Å²) in [6.45, 7) is 0.860. The maximum atomic E-state index is 13.0. The molecule has 0 aliphatic heterocycles. The second-order valence-electron chi connectivity index (χ2n) is 7.66. The van der Waals surface area contributed by atoms with Gasteiger partial charge in [-0.1, -0.05) is 36.4 Å². The van der Waals surface area contributed by atoms with Gasteiger partial charge in [-0.25, -0.2) is 14.2 Å². The number of alkyl halides is 3. The van der Waals surface area contributed by atoms with Gasteiger partial charge < -0.3 is 25.4 Å². The molecule has 0 fully saturated rings. The van der Waals surface area contributed by atoms with Crippen LogP contribution in [0.4, 0.5) is 17.6 Å². The van der Waals surface area contributed by atoms with Crippen molar-refractivity contribution in [2.24, 2.45) is 0 Å². The first-order chi connectivity index (χ1) is 16.8. The van der Waals surface area contributed by atoms with Crippen molar-refractivity contribution >= 4 is 11.9 Å². The number of aromatic nitrogens is 2. The van der Waals surface area contributed by atoms with Gasteiger partial charge in [0.05, 0.1) is 0 Å². The third-order valence-electron chi connectivity index (χ3n) is 4.44. The molecule has 1 amide bonds. The highest BCUT2D eigenvalue weighted by atomic mass is 19.4. The number of carboxylic acid groups (broad SMARTS) is 1. The number of aliphatic carboxylic acids is 1. The third-order valence-corrected chi connectivity index (χ3v) is 4.44. The van der Waals surface area contributed by atoms with Crippen LogP contribution in [0.3, 0.4) is 0 Å². The maximum absolute atomic E-state index is 13.0. The lowest BCUT2D eigenvalue weighted by Crippen LogP contribution is -2.26. The minimum Gasteiger partial charge on any atom is -0.501 e. The lowest BCUT2D eigenvalue weighted by atomic mass is 10.1. The highest BCUT2D eigenvalue weighted by Crippen LogP contribution is 2.18. The molecule has 1 heterocycles. The molecule has 0 atom stereocenters. The number of halogens is 4. The summed E-state index contributed by atoms with van der Waals surface area (Å²) in [4.78, 5) is 42.1. The summed E-state index contributed by atoms with van der Waals surface area (Å²) < 4.78 is 44.7. The number of benzene rings is 2. The molecule has 0 aliphatic carbocycles. The van der Waals surface area contributed by atoms with Crippen LogP contribution in [0.25, 0.3) is 11.4 Å². The summed E-state index contributed by atoms with van der Waals surface area (Å²) in [5.41, 5.74) is 1.18. The van der Waals surface area contributed by atoms with Gasteiger partial charge in [-0.15, -0.1) is 0 Å². The number of nitrogens with zero attached hydrogens (tertiary/aromatic N) is 2. The number of aromatic amines is 1. The predicted molar refractivity (Wildman–Crippen MR) is 121 cm³/mol. The number of aromatic hydroxyl groups is 1. The second kappa shape index (κ2) is 11.9. The zero-order valence-electron chi connectivity index (χ0n) is 19.1. The lowest BCUT2D eigenvalue weighted by molar-refractivity contribution is -0.192. The molecule has 0 bridgehead atoms. The van der Waals surface area contributed by atoms with Crippen LogP contribution in [0.5, 0.6) is 5.75 Å². The minimum atomic E-state index is -5.08. The van der Waals surface area contributed by atoms with E-state index in [1.807, 2.05) is 31.1 Å². The van der Waals surface area contributed by atoms with E-state index in [-0.39, 0.29) is 23.9 Å². The average molecular weight is 510 g/mol. The summed E-state index contributed by atoms with van der Waals surface area (Å²) in [6, 6.07) is 13.0. The molecule has 0 unspecified atom stereocenters. The first-order valence-electron chi connectivity index (χ1n) is 10.2. The summed E-state index contributed by atoms with van der Waals surface area (Å²) >= 11 is 0. The van der Waals surface area contributed by atoms with Gasteiger partial charge in [-0.3, -0.25) is 9.59 Å². The molecule has 36 heavy (non-hydrogen) atoms. The zero-order chi connectivity index (χ0) is 27.0. The predicted octanol–water partition coefficient (Wildman–Crippen LogP) is 2.91. The van der Waals surface area contributed by atoms with Crippen LogP contribution in [0, 0.1) is 5.82 Å². The van der Waals surface area contributed by atoms with Crippen LogP contribution in [0.15, 0.2) is 53.3 Å². The SMILES string of the molecule is CN(C)Cc1ccc(-c2nc(C(=O)NCc3ccc(F)cc3)c(O)c(=O)[nH]2)cc1.O=C(O)C(F)(F)F. The Bertz CT molecular complexity index is 1260. The molecule has 0 spiro atoms. The van der Waals surface area contributed by atoms with Gasteiger partial charge >= 0.3 is 12.1 Å². The minimum absolute atomic E-state index is 0.0988. The van der Waals surface area contributed by atoms with Crippen molar-refractivity contribution in [2.75, 3.05) is 14.1 Å². The Hall–Kier alpha value is -4.26. The number of H-pyrrole nitrogens is 1. The Morgan fingerprint density at radius 2 is 1.56 bits per heavy atom. The van der Waals surface area contributed by atoms with Gasteiger partial charge in [0.15, 0.2) is 5.69 Å². The highest BCUT2D eigenvalue weighted by Gasteiger charge is 2.38. The smallest absolute Gasteiger partial charge is 0.490 e. The van der Waals surface area contributed by atoms with Crippen molar-refractivity contribution in [3.8, 4) is 17.1 Å². The van der Waals surface area contributed by atoms with E-state index in [0.29, 0.717) is 11.1 Å². The number of carboxylic acids is 1. The number of amides is 1. The van der Waals surface area contributed by atoms with Gasteiger partial charge in [0.25, 0.3) is 11.5 Å². The summed E-state index contributed by atoms with van der Waals surface area (Å²) in [6.07, 6.45) is -5.08. The standard InChI is InChI=1S/C21H21FN4O3.C2HF3O2/c1-26(2)12-14-3-7-15(8-4-14)19-24-17(18(27)21(29)25-19)20(28)23-11-13-5-9-16(22)10-6-13;3-2(4,5)1(6)7/h3-10,27H,11-12H2,1-2H3,(H,23,28)(H,24,25,29);(H,6,7). The fourth-order valence-corrected chi connectivity index (χ4v) is 2.76. The largest absolute Gasteiger partial charge is 0.501 e.